The fourth-order valence-corrected chi connectivity index (χ4v) is 0.697. The Morgan fingerprint density at radius 1 is 1.55 bits per heavy atom. The summed E-state index contributed by atoms with van der Waals surface area (Å²) in [7, 11) is 0. The summed E-state index contributed by atoms with van der Waals surface area (Å²) in [6.45, 7) is 0.265. The Kier molecular flexibility index (Phi) is 7.52. The van der Waals surface area contributed by atoms with Gasteiger partial charge in [0.1, 0.15) is 6.61 Å². The van der Waals surface area contributed by atoms with Gasteiger partial charge in [-0.05, 0) is 0 Å². The van der Waals surface area contributed by atoms with Gasteiger partial charge in [0, 0.05) is 5.33 Å². The van der Waals surface area contributed by atoms with Crippen LogP contribution in [-0.4, -0.2) is 29.0 Å². The number of rotatable bonds is 4. The number of hydrogen-bond donors (Lipinski definition) is 0. The Bertz CT molecular complexity index is 122. The van der Waals surface area contributed by atoms with Crippen LogP contribution in [0.3, 0.4) is 0 Å². The molecule has 0 aromatic carbocycles. The van der Waals surface area contributed by atoms with Crippen LogP contribution in [0, 0.1) is 0 Å². The van der Waals surface area contributed by atoms with Crippen molar-refractivity contribution in [3.05, 3.63) is 0 Å². The zero-order valence-electron chi connectivity index (χ0n) is 5.56. The summed E-state index contributed by atoms with van der Waals surface area (Å²) >= 11 is 11.5. The highest BCUT2D eigenvalue weighted by molar-refractivity contribution is 9.12. The summed E-state index contributed by atoms with van der Waals surface area (Å²) in [6, 6.07) is -0.180. The quantitative estimate of drug-likeness (QED) is 0.591. The van der Waals surface area contributed by atoms with E-state index in [1.807, 2.05) is 0 Å². The summed E-state index contributed by atoms with van der Waals surface area (Å²) in [6.07, 6.45) is -0.745. The lowest BCUT2D eigenvalue weighted by Crippen LogP contribution is -2.15. The van der Waals surface area contributed by atoms with E-state index in [1.165, 1.54) is 0 Å². The van der Waals surface area contributed by atoms with Crippen LogP contribution in [0.2, 0.25) is 0 Å². The molecular formula is C5H7Br2ClO3. The number of carbonyl (C=O) groups is 1. The van der Waals surface area contributed by atoms with E-state index in [-0.39, 0.29) is 17.5 Å². The Morgan fingerprint density at radius 2 is 2.18 bits per heavy atom. The molecular weight excluding hydrogens is 303 g/mol. The summed E-state index contributed by atoms with van der Waals surface area (Å²) in [5.41, 5.74) is 0. The first kappa shape index (κ1) is 11.5. The molecule has 0 aromatic rings. The van der Waals surface area contributed by atoms with E-state index < -0.39 is 6.16 Å². The maximum atomic E-state index is 10.5. The van der Waals surface area contributed by atoms with E-state index >= 15 is 0 Å². The second-order valence-electron chi connectivity index (χ2n) is 1.57. The van der Waals surface area contributed by atoms with Crippen LogP contribution in [0.5, 0.6) is 0 Å². The lowest BCUT2D eigenvalue weighted by atomic mass is 10.5. The molecule has 0 saturated heterocycles. The summed E-state index contributed by atoms with van der Waals surface area (Å²) in [5, 5.41) is 0.709. The highest BCUT2D eigenvalue weighted by atomic mass is 79.9. The maximum absolute atomic E-state index is 10.5. The second kappa shape index (κ2) is 7.18. The van der Waals surface area contributed by atoms with Crippen LogP contribution in [0.25, 0.3) is 0 Å². The minimum Gasteiger partial charge on any atom is -0.433 e. The van der Waals surface area contributed by atoms with Crippen molar-refractivity contribution in [3.8, 4) is 0 Å². The van der Waals surface area contributed by atoms with Crippen molar-refractivity contribution < 1.29 is 14.3 Å². The summed E-state index contributed by atoms with van der Waals surface area (Å²) in [5.74, 6) is 0. The van der Waals surface area contributed by atoms with Crippen molar-refractivity contribution >= 4 is 49.6 Å². The zero-order chi connectivity index (χ0) is 8.69. The maximum Gasteiger partial charge on any atom is 0.509 e. The van der Waals surface area contributed by atoms with E-state index in [9.17, 15) is 4.79 Å². The summed E-state index contributed by atoms with van der Waals surface area (Å²) < 4.78 is 8.92. The fourth-order valence-electron chi connectivity index (χ4n) is 0.289. The largest absolute Gasteiger partial charge is 0.509 e. The molecule has 0 saturated carbocycles. The Labute approximate surface area is 86.6 Å². The van der Waals surface area contributed by atoms with Crippen LogP contribution in [-0.2, 0) is 9.47 Å². The molecule has 0 aliphatic rings. The number of ether oxygens (including phenoxy) is 2. The van der Waals surface area contributed by atoms with Gasteiger partial charge in [0.25, 0.3) is 0 Å². The molecule has 0 aliphatic carbocycles. The van der Waals surface area contributed by atoms with Gasteiger partial charge < -0.3 is 9.47 Å². The number of alkyl halides is 3. The van der Waals surface area contributed by atoms with Gasteiger partial charge in [0.2, 0.25) is 0 Å². The first-order valence-corrected chi connectivity index (χ1v) is 5.33. The minimum atomic E-state index is -0.745. The predicted octanol–water partition coefficient (Wildman–Crippen LogP) is 2.49. The SMILES string of the molecule is O=C(OCCl)OCC(Br)CBr. The van der Waals surface area contributed by atoms with Gasteiger partial charge >= 0.3 is 6.16 Å². The molecule has 0 amide bonds. The predicted molar refractivity (Wildman–Crippen MR) is 49.7 cm³/mol. The highest BCUT2D eigenvalue weighted by Gasteiger charge is 2.07. The van der Waals surface area contributed by atoms with Crippen LogP contribution in [0.15, 0.2) is 0 Å². The molecule has 66 valence electrons. The molecule has 0 fully saturated rings. The summed E-state index contributed by atoms with van der Waals surface area (Å²) in [4.78, 5) is 10.6. The Morgan fingerprint density at radius 3 is 2.64 bits per heavy atom. The third-order valence-electron chi connectivity index (χ3n) is 0.722. The van der Waals surface area contributed by atoms with Crippen molar-refractivity contribution in [2.24, 2.45) is 0 Å². The van der Waals surface area contributed by atoms with E-state index in [0.29, 0.717) is 5.33 Å². The first-order chi connectivity index (χ1) is 5.20. The smallest absolute Gasteiger partial charge is 0.433 e. The molecule has 0 rings (SSSR count). The van der Waals surface area contributed by atoms with Crippen molar-refractivity contribution in [1.82, 2.24) is 0 Å². The van der Waals surface area contributed by atoms with Gasteiger partial charge in [-0.1, -0.05) is 43.5 Å². The van der Waals surface area contributed by atoms with Gasteiger partial charge in [-0.3, -0.25) is 0 Å². The van der Waals surface area contributed by atoms with Crippen molar-refractivity contribution in [1.29, 1.82) is 0 Å². The first-order valence-electron chi connectivity index (χ1n) is 2.76. The zero-order valence-corrected chi connectivity index (χ0v) is 9.49. The molecule has 6 heteroatoms. The van der Waals surface area contributed by atoms with Crippen molar-refractivity contribution in [2.75, 3.05) is 18.0 Å². The molecule has 0 bridgehead atoms. The van der Waals surface area contributed by atoms with E-state index in [4.69, 9.17) is 11.6 Å². The van der Waals surface area contributed by atoms with Crippen LogP contribution in [0.4, 0.5) is 4.79 Å². The van der Waals surface area contributed by atoms with Crippen molar-refractivity contribution in [3.63, 3.8) is 0 Å². The molecule has 0 spiro atoms. The van der Waals surface area contributed by atoms with E-state index in [0.717, 1.165) is 0 Å². The highest BCUT2D eigenvalue weighted by Crippen LogP contribution is 2.04. The third kappa shape index (κ3) is 6.90. The van der Waals surface area contributed by atoms with Crippen LogP contribution in [0.1, 0.15) is 0 Å². The lowest BCUT2D eigenvalue weighted by molar-refractivity contribution is 0.0694. The molecule has 0 aliphatic heterocycles. The van der Waals surface area contributed by atoms with E-state index in [1.54, 1.807) is 0 Å². The minimum absolute atomic E-state index is 0.102. The third-order valence-corrected chi connectivity index (χ3v) is 3.07. The van der Waals surface area contributed by atoms with Crippen LogP contribution < -0.4 is 0 Å². The molecule has 0 N–H and O–H groups in total. The second-order valence-corrected chi connectivity index (χ2v) is 3.73. The molecule has 11 heavy (non-hydrogen) atoms. The average Bonchev–Trinajstić information content (AvgIpc) is 2.01. The van der Waals surface area contributed by atoms with E-state index in [2.05, 4.69) is 41.3 Å². The van der Waals surface area contributed by atoms with Crippen molar-refractivity contribution in [2.45, 2.75) is 4.83 Å². The van der Waals surface area contributed by atoms with Gasteiger partial charge in [0.05, 0.1) is 4.83 Å². The monoisotopic (exact) mass is 308 g/mol. The Balaban J connectivity index is 3.30. The fraction of sp³-hybridized carbons (Fsp3) is 0.800. The average molecular weight is 310 g/mol. The molecule has 1 atom stereocenters. The number of carbonyl (C=O) groups excluding carboxylic acids is 1. The van der Waals surface area contributed by atoms with Gasteiger partial charge in [0.15, 0.2) is 6.07 Å². The number of halogens is 3. The molecule has 1 unspecified atom stereocenters. The Hall–Kier alpha value is 0.520. The van der Waals surface area contributed by atoms with Gasteiger partial charge in [-0.15, -0.1) is 0 Å². The van der Waals surface area contributed by atoms with Gasteiger partial charge in [-0.25, -0.2) is 4.79 Å². The number of hydrogen-bond acceptors (Lipinski definition) is 3. The lowest BCUT2D eigenvalue weighted by Gasteiger charge is -2.06. The standard InChI is InChI=1S/C5H7Br2ClO3/c6-1-4(7)2-10-5(9)11-3-8/h4H,1-3H2. The normalized spacial score (nSPS) is 12.3. The molecule has 0 heterocycles. The molecule has 0 radical (unpaired) electrons. The molecule has 0 aromatic heterocycles. The van der Waals surface area contributed by atoms with Crippen LogP contribution >= 0.6 is 43.5 Å². The molecule has 3 nitrogen and oxygen atoms in total. The topological polar surface area (TPSA) is 35.5 Å². The van der Waals surface area contributed by atoms with Gasteiger partial charge in [-0.2, -0.15) is 0 Å².